The molecule has 2 aromatic heterocycles. The molecule has 33 heavy (non-hydrogen) atoms. The molecule has 3 aromatic carbocycles. The van der Waals surface area contributed by atoms with Gasteiger partial charge in [-0.25, -0.2) is 14.5 Å². The topological polar surface area (TPSA) is 81.8 Å². The number of methoxy groups -OCH3 is 1. The zero-order valence-electron chi connectivity index (χ0n) is 17.4. The van der Waals surface area contributed by atoms with Crippen LogP contribution in [0.3, 0.4) is 0 Å². The van der Waals surface area contributed by atoms with Gasteiger partial charge in [0, 0.05) is 23.1 Å². The Labute approximate surface area is 193 Å². The minimum Gasteiger partial charge on any atom is -0.508 e. The van der Waals surface area contributed by atoms with Crippen LogP contribution in [0.2, 0.25) is 5.02 Å². The molecule has 5 aromatic rings. The Morgan fingerprint density at radius 1 is 1.06 bits per heavy atom. The summed E-state index contributed by atoms with van der Waals surface area (Å²) in [4.78, 5) is 9.34. The number of hydrogen-bond acceptors (Lipinski definition) is 6. The number of aromatic hydroxyl groups is 1. The molecule has 1 aliphatic rings. The van der Waals surface area contributed by atoms with Crippen LogP contribution in [-0.2, 0) is 0 Å². The van der Waals surface area contributed by atoms with Gasteiger partial charge in [0.05, 0.1) is 17.7 Å². The van der Waals surface area contributed by atoms with Crippen LogP contribution >= 0.6 is 11.6 Å². The normalized spacial score (nSPS) is 14.4. The van der Waals surface area contributed by atoms with Gasteiger partial charge in [0.25, 0.3) is 0 Å². The average molecular weight is 457 g/mol. The largest absolute Gasteiger partial charge is 0.508 e. The zero-order valence-corrected chi connectivity index (χ0v) is 18.2. The van der Waals surface area contributed by atoms with E-state index in [1.807, 2.05) is 54.6 Å². The molecule has 1 atom stereocenters. The fourth-order valence-corrected chi connectivity index (χ4v) is 4.42. The van der Waals surface area contributed by atoms with Crippen molar-refractivity contribution in [2.45, 2.75) is 5.92 Å². The van der Waals surface area contributed by atoms with Crippen molar-refractivity contribution >= 4 is 17.2 Å². The molecule has 1 unspecified atom stereocenters. The summed E-state index contributed by atoms with van der Waals surface area (Å²) >= 11 is 6.40. The minimum atomic E-state index is -0.241. The van der Waals surface area contributed by atoms with Crippen molar-refractivity contribution in [3.8, 4) is 34.5 Å². The third-order valence-electron chi connectivity index (χ3n) is 5.75. The van der Waals surface area contributed by atoms with E-state index in [1.165, 1.54) is 0 Å². The summed E-state index contributed by atoms with van der Waals surface area (Å²) in [5.74, 6) is 2.10. The molecule has 3 heterocycles. The second-order valence-electron chi connectivity index (χ2n) is 7.68. The molecule has 0 aliphatic carbocycles. The smallest absolute Gasteiger partial charge is 0.228 e. The number of nitrogens with zero attached hydrogens (tertiary/aromatic N) is 4. The van der Waals surface area contributed by atoms with E-state index in [0.29, 0.717) is 28.1 Å². The first kappa shape index (κ1) is 19.6. The Hall–Kier alpha value is -4.10. The fourth-order valence-electron chi connectivity index (χ4n) is 4.20. The maximum absolute atomic E-state index is 10.0. The molecule has 0 bridgehead atoms. The van der Waals surface area contributed by atoms with Crippen molar-refractivity contribution in [3.63, 3.8) is 0 Å². The molecule has 0 saturated heterocycles. The molecule has 6 rings (SSSR count). The van der Waals surface area contributed by atoms with Crippen LogP contribution in [0.1, 0.15) is 22.6 Å². The predicted octanol–water partition coefficient (Wildman–Crippen LogP) is 5.44. The van der Waals surface area contributed by atoms with Crippen LogP contribution in [0.25, 0.3) is 17.0 Å². The van der Waals surface area contributed by atoms with Crippen molar-refractivity contribution < 1.29 is 14.6 Å². The summed E-state index contributed by atoms with van der Waals surface area (Å²) in [5, 5.41) is 15.2. The van der Waals surface area contributed by atoms with Crippen LogP contribution in [0.5, 0.6) is 23.1 Å². The Morgan fingerprint density at radius 3 is 2.67 bits per heavy atom. The van der Waals surface area contributed by atoms with Crippen molar-refractivity contribution in [2.24, 2.45) is 0 Å². The third kappa shape index (κ3) is 3.16. The van der Waals surface area contributed by atoms with Crippen molar-refractivity contribution in [2.75, 3.05) is 7.11 Å². The maximum atomic E-state index is 10.0. The van der Waals surface area contributed by atoms with Gasteiger partial charge < -0.3 is 14.6 Å². The SMILES string of the molecule is COc1ccc(C2c3ccc(O)cc3Oc3ncn4nc(-c5ccccc5Cl)nc4c32)cc1. The van der Waals surface area contributed by atoms with Crippen molar-refractivity contribution in [3.05, 3.63) is 94.8 Å². The van der Waals surface area contributed by atoms with Gasteiger partial charge in [-0.3, -0.25) is 0 Å². The maximum Gasteiger partial charge on any atom is 0.228 e. The summed E-state index contributed by atoms with van der Waals surface area (Å²) in [7, 11) is 1.64. The van der Waals surface area contributed by atoms with Gasteiger partial charge in [-0.15, -0.1) is 5.10 Å². The molecule has 0 fully saturated rings. The van der Waals surface area contributed by atoms with Gasteiger partial charge in [0.15, 0.2) is 11.5 Å². The molecule has 1 aliphatic heterocycles. The monoisotopic (exact) mass is 456 g/mol. The van der Waals surface area contributed by atoms with Crippen LogP contribution in [0.4, 0.5) is 0 Å². The van der Waals surface area contributed by atoms with Crippen LogP contribution < -0.4 is 9.47 Å². The molecule has 0 saturated carbocycles. The summed E-state index contributed by atoms with van der Waals surface area (Å²) in [5.41, 5.74) is 4.04. The lowest BCUT2D eigenvalue weighted by Crippen LogP contribution is -2.15. The van der Waals surface area contributed by atoms with Gasteiger partial charge >= 0.3 is 0 Å². The summed E-state index contributed by atoms with van der Waals surface area (Å²) < 4.78 is 13.1. The van der Waals surface area contributed by atoms with E-state index in [9.17, 15) is 5.11 Å². The fraction of sp³-hybridized carbons (Fsp3) is 0.0800. The average Bonchev–Trinajstić information content (AvgIpc) is 3.27. The molecule has 162 valence electrons. The molecule has 0 radical (unpaired) electrons. The quantitative estimate of drug-likeness (QED) is 0.381. The van der Waals surface area contributed by atoms with Crippen molar-refractivity contribution in [1.29, 1.82) is 0 Å². The first-order chi connectivity index (χ1) is 16.1. The number of phenolic OH excluding ortho intramolecular Hbond substituents is 1. The highest BCUT2D eigenvalue weighted by atomic mass is 35.5. The number of ether oxygens (including phenoxy) is 2. The molecular weight excluding hydrogens is 440 g/mol. The lowest BCUT2D eigenvalue weighted by molar-refractivity contribution is 0.414. The van der Waals surface area contributed by atoms with Crippen molar-refractivity contribution in [1.82, 2.24) is 19.6 Å². The summed E-state index contributed by atoms with van der Waals surface area (Å²) in [6.07, 6.45) is 1.57. The van der Waals surface area contributed by atoms with Crippen LogP contribution in [0, 0.1) is 0 Å². The van der Waals surface area contributed by atoms with Gasteiger partial charge in [-0.1, -0.05) is 41.9 Å². The van der Waals surface area contributed by atoms with Gasteiger partial charge in [-0.05, 0) is 35.9 Å². The van der Waals surface area contributed by atoms with Crippen LogP contribution in [0.15, 0.2) is 73.1 Å². The van der Waals surface area contributed by atoms with E-state index in [1.54, 1.807) is 30.1 Å². The number of phenols is 1. The third-order valence-corrected chi connectivity index (χ3v) is 6.08. The standard InChI is InChI=1S/C25H17ClN4O3/c1-32-16-9-6-14(7-10-16)21-18-11-8-15(31)12-20(18)33-25-22(21)24-28-23(29-30(24)13-27-25)17-4-2-3-5-19(17)26/h2-13,21,31H,1H3. The van der Waals surface area contributed by atoms with E-state index in [4.69, 9.17) is 26.1 Å². The Bertz CT molecular complexity index is 1510. The van der Waals surface area contributed by atoms with E-state index in [0.717, 1.165) is 28.0 Å². The highest BCUT2D eigenvalue weighted by Crippen LogP contribution is 2.48. The van der Waals surface area contributed by atoms with Gasteiger partial charge in [-0.2, -0.15) is 0 Å². The number of hydrogen-bond donors (Lipinski definition) is 1. The molecule has 8 heteroatoms. The minimum absolute atomic E-state index is 0.121. The molecule has 0 amide bonds. The van der Waals surface area contributed by atoms with Gasteiger partial charge in [0.1, 0.15) is 23.6 Å². The number of benzene rings is 3. The molecule has 7 nitrogen and oxygen atoms in total. The summed E-state index contributed by atoms with van der Waals surface area (Å²) in [6, 6.07) is 20.4. The van der Waals surface area contributed by atoms with E-state index in [2.05, 4.69) is 10.1 Å². The van der Waals surface area contributed by atoms with E-state index >= 15 is 0 Å². The number of rotatable bonds is 3. The number of fused-ring (bicyclic) bond motifs is 4. The van der Waals surface area contributed by atoms with E-state index in [-0.39, 0.29) is 11.7 Å². The summed E-state index contributed by atoms with van der Waals surface area (Å²) in [6.45, 7) is 0. The number of halogens is 1. The zero-order chi connectivity index (χ0) is 22.5. The number of aromatic nitrogens is 4. The highest BCUT2D eigenvalue weighted by molar-refractivity contribution is 6.33. The highest BCUT2D eigenvalue weighted by Gasteiger charge is 2.33. The molecule has 0 spiro atoms. The Balaban J connectivity index is 1.60. The van der Waals surface area contributed by atoms with Crippen LogP contribution in [-0.4, -0.2) is 31.8 Å². The lowest BCUT2D eigenvalue weighted by atomic mass is 9.84. The van der Waals surface area contributed by atoms with Gasteiger partial charge in [0.2, 0.25) is 5.88 Å². The molecule has 1 N–H and O–H groups in total. The predicted molar refractivity (Wildman–Crippen MR) is 123 cm³/mol. The first-order valence-electron chi connectivity index (χ1n) is 10.3. The second-order valence-corrected chi connectivity index (χ2v) is 8.08. The molecular formula is C25H17ClN4O3. The second kappa shape index (κ2) is 7.50. The van der Waals surface area contributed by atoms with E-state index < -0.39 is 0 Å². The lowest BCUT2D eigenvalue weighted by Gasteiger charge is -2.28. The Kier molecular flexibility index (Phi) is 4.45. The first-order valence-corrected chi connectivity index (χ1v) is 10.6. The Morgan fingerprint density at radius 2 is 1.88 bits per heavy atom.